The van der Waals surface area contributed by atoms with Crippen LogP contribution in [-0.2, 0) is 4.79 Å². The number of phenolic OH excluding ortho intramolecular Hbond substituents is 1. The summed E-state index contributed by atoms with van der Waals surface area (Å²) in [4.78, 5) is 11.7. The van der Waals surface area contributed by atoms with Gasteiger partial charge in [0.05, 0.1) is 19.8 Å². The van der Waals surface area contributed by atoms with Crippen LogP contribution < -0.4 is 9.47 Å². The number of carbonyl (C=O) groups is 1. The van der Waals surface area contributed by atoms with Gasteiger partial charge in [0.1, 0.15) is 5.75 Å². The molecule has 0 amide bonds. The van der Waals surface area contributed by atoms with Crippen molar-refractivity contribution in [3.05, 3.63) is 53.1 Å². The molecule has 0 aromatic heterocycles. The minimum atomic E-state index is -1.04. The number of rotatable bonds is 5. The molecule has 5 nitrogen and oxygen atoms in total. The second-order valence-corrected chi connectivity index (χ2v) is 4.98. The number of aromatic hydroxyl groups is 1. The maximum absolute atomic E-state index is 11.7. The lowest BCUT2D eigenvalue weighted by Crippen LogP contribution is -2.02. The third kappa shape index (κ3) is 3.63. The normalized spacial score (nSPS) is 11.2. The molecule has 0 saturated carbocycles. The lowest BCUT2D eigenvalue weighted by atomic mass is 9.98. The highest BCUT2D eigenvalue weighted by molar-refractivity contribution is 6.21. The molecule has 0 heterocycles. The quantitative estimate of drug-likeness (QED) is 0.654. The van der Waals surface area contributed by atoms with Gasteiger partial charge in [-0.1, -0.05) is 12.1 Å². The largest absolute Gasteiger partial charge is 0.504 e. The van der Waals surface area contributed by atoms with E-state index in [9.17, 15) is 15.0 Å². The van der Waals surface area contributed by atoms with Crippen molar-refractivity contribution in [2.24, 2.45) is 0 Å². The molecule has 0 aliphatic heterocycles. The molecule has 0 unspecified atom stereocenters. The van der Waals surface area contributed by atoms with Gasteiger partial charge in [-0.2, -0.15) is 0 Å². The number of carboxylic acids is 1. The van der Waals surface area contributed by atoms with Crippen LogP contribution in [0.2, 0.25) is 0 Å². The summed E-state index contributed by atoms with van der Waals surface area (Å²) in [6.45, 7) is 1.83. The maximum atomic E-state index is 11.7. The van der Waals surface area contributed by atoms with Gasteiger partial charge in [0.15, 0.2) is 11.5 Å². The molecule has 0 radical (unpaired) electrons. The van der Waals surface area contributed by atoms with E-state index in [1.807, 2.05) is 6.92 Å². The average molecular weight is 314 g/mol. The minimum Gasteiger partial charge on any atom is -0.504 e. The highest BCUT2D eigenvalue weighted by Gasteiger charge is 2.14. The predicted octanol–water partition coefficient (Wildman–Crippen LogP) is 3.34. The Morgan fingerprint density at radius 1 is 1.09 bits per heavy atom. The number of methoxy groups -OCH3 is 2. The van der Waals surface area contributed by atoms with E-state index in [0.717, 1.165) is 5.56 Å². The van der Waals surface area contributed by atoms with E-state index in [4.69, 9.17) is 9.47 Å². The van der Waals surface area contributed by atoms with Crippen molar-refractivity contribution in [2.45, 2.75) is 6.92 Å². The summed E-state index contributed by atoms with van der Waals surface area (Å²) in [5, 5.41) is 19.2. The summed E-state index contributed by atoms with van der Waals surface area (Å²) in [6.07, 6.45) is 1.54. The molecule has 0 bridgehead atoms. The molecule has 0 fully saturated rings. The summed E-state index contributed by atoms with van der Waals surface area (Å²) in [7, 11) is 3.00. The second-order valence-electron chi connectivity index (χ2n) is 4.98. The van der Waals surface area contributed by atoms with Gasteiger partial charge in [-0.3, -0.25) is 0 Å². The fourth-order valence-corrected chi connectivity index (χ4v) is 2.27. The molecule has 2 N–H and O–H groups in total. The highest BCUT2D eigenvalue weighted by Crippen LogP contribution is 2.30. The van der Waals surface area contributed by atoms with E-state index in [-0.39, 0.29) is 17.1 Å². The highest BCUT2D eigenvalue weighted by atomic mass is 16.5. The Balaban J connectivity index is 2.52. The summed E-state index contributed by atoms with van der Waals surface area (Å²) in [6, 6.07) is 9.88. The molecule has 0 aliphatic carbocycles. The lowest BCUT2D eigenvalue weighted by Gasteiger charge is -2.10. The first kappa shape index (κ1) is 16.4. The van der Waals surface area contributed by atoms with Crippen LogP contribution in [-0.4, -0.2) is 30.4 Å². The fourth-order valence-electron chi connectivity index (χ4n) is 2.27. The van der Waals surface area contributed by atoms with Crippen molar-refractivity contribution in [3.63, 3.8) is 0 Å². The van der Waals surface area contributed by atoms with Crippen molar-refractivity contribution in [2.75, 3.05) is 14.2 Å². The van der Waals surface area contributed by atoms with Crippen LogP contribution in [0.5, 0.6) is 17.2 Å². The van der Waals surface area contributed by atoms with Crippen LogP contribution in [0.3, 0.4) is 0 Å². The zero-order valence-electron chi connectivity index (χ0n) is 13.2. The zero-order chi connectivity index (χ0) is 17.0. The summed E-state index contributed by atoms with van der Waals surface area (Å²) in [5.74, 6) is -0.0790. The molecular formula is C18H18O5. The standard InChI is InChI=1S/C18H18O5/c1-11-8-13(22-2)5-6-14(11)15(18(20)21)9-12-4-7-16(19)17(10-12)23-3/h4-10,19H,1-3H3,(H,20,21)/b15-9-. The van der Waals surface area contributed by atoms with Crippen LogP contribution >= 0.6 is 0 Å². The molecule has 0 saturated heterocycles. The third-order valence-corrected chi connectivity index (χ3v) is 3.47. The minimum absolute atomic E-state index is 0.00199. The Kier molecular flexibility index (Phi) is 4.91. The first-order valence-electron chi connectivity index (χ1n) is 6.93. The molecule has 2 aromatic rings. The first-order chi connectivity index (χ1) is 11.0. The van der Waals surface area contributed by atoms with Gasteiger partial charge in [0.2, 0.25) is 0 Å². The average Bonchev–Trinajstić information content (AvgIpc) is 2.54. The van der Waals surface area contributed by atoms with Gasteiger partial charge in [-0.25, -0.2) is 4.79 Å². The number of aryl methyl sites for hydroxylation is 1. The zero-order valence-corrected chi connectivity index (χ0v) is 13.2. The predicted molar refractivity (Wildman–Crippen MR) is 87.9 cm³/mol. The van der Waals surface area contributed by atoms with Gasteiger partial charge in [-0.15, -0.1) is 0 Å². The summed E-state index contributed by atoms with van der Waals surface area (Å²) >= 11 is 0. The number of ether oxygens (including phenoxy) is 2. The van der Waals surface area contributed by atoms with Gasteiger partial charge < -0.3 is 19.7 Å². The second kappa shape index (κ2) is 6.87. The molecule has 2 aromatic carbocycles. The van der Waals surface area contributed by atoms with E-state index < -0.39 is 5.97 Å². The Labute approximate surface area is 134 Å². The number of phenols is 1. The molecule has 120 valence electrons. The number of hydrogen-bond acceptors (Lipinski definition) is 4. The molecule has 23 heavy (non-hydrogen) atoms. The fraction of sp³-hybridized carbons (Fsp3) is 0.167. The van der Waals surface area contributed by atoms with Gasteiger partial charge >= 0.3 is 5.97 Å². The molecule has 5 heteroatoms. The topological polar surface area (TPSA) is 76.0 Å². The molecule has 0 aliphatic rings. The van der Waals surface area contributed by atoms with Crippen molar-refractivity contribution < 1.29 is 24.5 Å². The van der Waals surface area contributed by atoms with Crippen LogP contribution in [0.4, 0.5) is 0 Å². The Hall–Kier alpha value is -2.95. The van der Waals surface area contributed by atoms with E-state index in [0.29, 0.717) is 16.9 Å². The van der Waals surface area contributed by atoms with E-state index >= 15 is 0 Å². The van der Waals surface area contributed by atoms with E-state index in [1.54, 1.807) is 43.5 Å². The van der Waals surface area contributed by atoms with Crippen LogP contribution in [0.1, 0.15) is 16.7 Å². The van der Waals surface area contributed by atoms with Crippen LogP contribution in [0.15, 0.2) is 36.4 Å². The first-order valence-corrected chi connectivity index (χ1v) is 6.93. The summed E-state index contributed by atoms with van der Waals surface area (Å²) < 4.78 is 10.2. The molecule has 0 spiro atoms. The van der Waals surface area contributed by atoms with Crippen LogP contribution in [0.25, 0.3) is 11.6 Å². The van der Waals surface area contributed by atoms with Gasteiger partial charge in [0.25, 0.3) is 0 Å². The van der Waals surface area contributed by atoms with Gasteiger partial charge in [0, 0.05) is 0 Å². The Morgan fingerprint density at radius 3 is 2.39 bits per heavy atom. The van der Waals surface area contributed by atoms with Crippen LogP contribution in [0, 0.1) is 6.92 Å². The van der Waals surface area contributed by atoms with Crippen molar-refractivity contribution in [1.29, 1.82) is 0 Å². The molecular weight excluding hydrogens is 296 g/mol. The SMILES string of the molecule is COc1ccc(/C(=C/c2ccc(O)c(OC)c2)C(=O)O)c(C)c1. The number of carboxylic acid groups (broad SMARTS) is 1. The van der Waals surface area contributed by atoms with Crippen molar-refractivity contribution in [1.82, 2.24) is 0 Å². The number of benzene rings is 2. The maximum Gasteiger partial charge on any atom is 0.336 e. The molecule has 2 rings (SSSR count). The number of hydrogen-bond donors (Lipinski definition) is 2. The van der Waals surface area contributed by atoms with E-state index in [1.165, 1.54) is 13.2 Å². The van der Waals surface area contributed by atoms with E-state index in [2.05, 4.69) is 0 Å². The van der Waals surface area contributed by atoms with Gasteiger partial charge in [-0.05, 0) is 54.0 Å². The number of aliphatic carboxylic acids is 1. The summed E-state index contributed by atoms with van der Waals surface area (Å²) in [5.41, 5.74) is 2.17. The Morgan fingerprint density at radius 2 is 1.83 bits per heavy atom. The smallest absolute Gasteiger partial charge is 0.336 e. The third-order valence-electron chi connectivity index (χ3n) is 3.47. The Bertz CT molecular complexity index is 762. The molecule has 0 atom stereocenters. The lowest BCUT2D eigenvalue weighted by molar-refractivity contribution is -0.130. The van der Waals surface area contributed by atoms with Crippen molar-refractivity contribution in [3.8, 4) is 17.2 Å². The monoisotopic (exact) mass is 314 g/mol. The van der Waals surface area contributed by atoms with Crippen molar-refractivity contribution >= 4 is 17.6 Å².